The largest absolute Gasteiger partial charge is 0.384 e. The Morgan fingerprint density at radius 3 is 1.80 bits per heavy atom. The van der Waals surface area contributed by atoms with Crippen LogP contribution in [0.5, 0.6) is 0 Å². The van der Waals surface area contributed by atoms with Crippen molar-refractivity contribution in [2.75, 3.05) is 6.67 Å². The number of hydrogen-bond donors (Lipinski definition) is 1. The quantitative estimate of drug-likeness (QED) is 0.621. The average molecular weight is 164 g/mol. The van der Waals surface area contributed by atoms with Crippen LogP contribution in [-0.4, -0.2) is 30.2 Å². The third-order valence-electron chi connectivity index (χ3n) is 0.881. The van der Waals surface area contributed by atoms with Crippen LogP contribution in [0.4, 0.5) is 22.0 Å². The van der Waals surface area contributed by atoms with Gasteiger partial charge in [0.1, 0.15) is 6.67 Å². The second-order valence-corrected chi connectivity index (χ2v) is 1.65. The van der Waals surface area contributed by atoms with Gasteiger partial charge in [-0.3, -0.25) is 0 Å². The summed E-state index contributed by atoms with van der Waals surface area (Å²) in [5.41, 5.74) is 0. The van der Waals surface area contributed by atoms with Crippen LogP contribution in [-0.2, 0) is 0 Å². The van der Waals surface area contributed by atoms with Crippen molar-refractivity contribution >= 4 is 0 Å². The summed E-state index contributed by atoms with van der Waals surface area (Å²) in [6.07, 6.45) is -6.94. The van der Waals surface area contributed by atoms with Crippen LogP contribution in [0.25, 0.3) is 0 Å². The molecule has 0 fully saturated rings. The fraction of sp³-hybridized carbons (Fsp3) is 1.00. The number of rotatable bonds is 3. The zero-order valence-corrected chi connectivity index (χ0v) is 4.70. The molecule has 62 valence electrons. The molecule has 0 radical (unpaired) electrons. The molecule has 1 unspecified atom stereocenters. The van der Waals surface area contributed by atoms with Crippen LogP contribution < -0.4 is 0 Å². The lowest BCUT2D eigenvalue weighted by molar-refractivity contribution is -0.194. The van der Waals surface area contributed by atoms with Gasteiger partial charge in [-0.2, -0.15) is 8.78 Å². The highest BCUT2D eigenvalue weighted by Crippen LogP contribution is 2.26. The first kappa shape index (κ1) is 9.61. The molecule has 0 aromatic carbocycles. The molecule has 0 bridgehead atoms. The van der Waals surface area contributed by atoms with Crippen LogP contribution in [0.1, 0.15) is 0 Å². The molecule has 0 spiro atoms. The highest BCUT2D eigenvalue weighted by Gasteiger charge is 2.48. The fourth-order valence-electron chi connectivity index (χ4n) is 0.248. The lowest BCUT2D eigenvalue weighted by Gasteiger charge is -2.18. The van der Waals surface area contributed by atoms with E-state index in [9.17, 15) is 22.0 Å². The first-order valence-corrected chi connectivity index (χ1v) is 2.33. The molecule has 6 heteroatoms. The maximum absolute atomic E-state index is 11.7. The fourth-order valence-corrected chi connectivity index (χ4v) is 0.248. The lowest BCUT2D eigenvalue weighted by Crippen LogP contribution is -2.41. The van der Waals surface area contributed by atoms with Crippen molar-refractivity contribution in [2.45, 2.75) is 18.5 Å². The molecule has 0 saturated carbocycles. The van der Waals surface area contributed by atoms with Gasteiger partial charge in [0, 0.05) is 0 Å². The van der Waals surface area contributed by atoms with Gasteiger partial charge in [-0.05, 0) is 0 Å². The van der Waals surface area contributed by atoms with Crippen LogP contribution in [0, 0.1) is 0 Å². The van der Waals surface area contributed by atoms with Gasteiger partial charge in [0.15, 0.2) is 6.10 Å². The van der Waals surface area contributed by atoms with Crippen molar-refractivity contribution in [3.05, 3.63) is 0 Å². The number of alkyl halides is 5. The standard InChI is InChI=1S/C4H5F5O/c5-1-2(10)4(8,9)3(6)7/h2-3,10H,1H2. The Kier molecular flexibility index (Phi) is 3.01. The molecule has 0 aliphatic heterocycles. The Morgan fingerprint density at radius 1 is 1.30 bits per heavy atom. The van der Waals surface area contributed by atoms with Crippen LogP contribution in [0.15, 0.2) is 0 Å². The van der Waals surface area contributed by atoms with E-state index in [1.165, 1.54) is 0 Å². The molecular weight excluding hydrogens is 159 g/mol. The van der Waals surface area contributed by atoms with E-state index in [1.807, 2.05) is 0 Å². The van der Waals surface area contributed by atoms with Gasteiger partial charge in [0.25, 0.3) is 0 Å². The number of hydrogen-bond acceptors (Lipinski definition) is 1. The minimum absolute atomic E-state index is 1.88. The molecule has 0 aromatic rings. The van der Waals surface area contributed by atoms with Crippen molar-refractivity contribution in [3.63, 3.8) is 0 Å². The Labute approximate surface area is 53.5 Å². The van der Waals surface area contributed by atoms with Gasteiger partial charge >= 0.3 is 12.3 Å². The van der Waals surface area contributed by atoms with E-state index in [0.29, 0.717) is 0 Å². The maximum atomic E-state index is 11.7. The zero-order chi connectivity index (χ0) is 8.36. The van der Waals surface area contributed by atoms with E-state index in [-0.39, 0.29) is 0 Å². The monoisotopic (exact) mass is 164 g/mol. The summed E-state index contributed by atoms with van der Waals surface area (Å²) >= 11 is 0. The average Bonchev–Trinajstić information content (AvgIpc) is 1.86. The Balaban J connectivity index is 4.09. The molecular formula is C4H5F5O. The van der Waals surface area contributed by atoms with E-state index in [4.69, 9.17) is 5.11 Å². The van der Waals surface area contributed by atoms with E-state index in [1.54, 1.807) is 0 Å². The van der Waals surface area contributed by atoms with Gasteiger partial charge < -0.3 is 5.11 Å². The summed E-state index contributed by atoms with van der Waals surface area (Å²) < 4.78 is 56.9. The number of aliphatic hydroxyl groups excluding tert-OH is 1. The minimum atomic E-state index is -4.64. The van der Waals surface area contributed by atoms with Gasteiger partial charge in [-0.1, -0.05) is 0 Å². The molecule has 0 amide bonds. The summed E-state index contributed by atoms with van der Waals surface area (Å²) in [5, 5.41) is 7.95. The molecule has 0 aromatic heterocycles. The van der Waals surface area contributed by atoms with E-state index < -0.39 is 25.1 Å². The predicted octanol–water partition coefficient (Wildman–Crippen LogP) is 1.22. The molecule has 1 atom stereocenters. The van der Waals surface area contributed by atoms with Crippen molar-refractivity contribution in [3.8, 4) is 0 Å². The van der Waals surface area contributed by atoms with Gasteiger partial charge in [-0.25, -0.2) is 13.2 Å². The third-order valence-corrected chi connectivity index (χ3v) is 0.881. The maximum Gasteiger partial charge on any atom is 0.335 e. The minimum Gasteiger partial charge on any atom is -0.384 e. The summed E-state index contributed by atoms with van der Waals surface area (Å²) in [7, 11) is 0. The summed E-state index contributed by atoms with van der Waals surface area (Å²) in [6, 6.07) is 0. The Bertz CT molecular complexity index is 104. The number of halogens is 5. The van der Waals surface area contributed by atoms with E-state index in [2.05, 4.69) is 0 Å². The van der Waals surface area contributed by atoms with Crippen molar-refractivity contribution < 1.29 is 27.1 Å². The Hall–Kier alpha value is -0.390. The molecule has 10 heavy (non-hydrogen) atoms. The smallest absolute Gasteiger partial charge is 0.335 e. The molecule has 0 rings (SSSR count). The van der Waals surface area contributed by atoms with Crippen LogP contribution in [0.2, 0.25) is 0 Å². The first-order chi connectivity index (χ1) is 4.42. The number of aliphatic hydroxyl groups is 1. The zero-order valence-electron chi connectivity index (χ0n) is 4.70. The van der Waals surface area contributed by atoms with E-state index in [0.717, 1.165) is 0 Å². The van der Waals surface area contributed by atoms with E-state index >= 15 is 0 Å². The van der Waals surface area contributed by atoms with Crippen LogP contribution >= 0.6 is 0 Å². The Morgan fingerprint density at radius 2 is 1.70 bits per heavy atom. The summed E-state index contributed by atoms with van der Waals surface area (Å²) in [6.45, 7) is -1.88. The SMILES string of the molecule is OC(CF)C(F)(F)C(F)F. The molecule has 0 aliphatic rings. The summed E-state index contributed by atoms with van der Waals surface area (Å²) in [5.74, 6) is -4.64. The molecule has 0 aliphatic carbocycles. The van der Waals surface area contributed by atoms with Gasteiger partial charge in [0.2, 0.25) is 0 Å². The van der Waals surface area contributed by atoms with Gasteiger partial charge in [0.05, 0.1) is 0 Å². The molecule has 0 saturated heterocycles. The second kappa shape index (κ2) is 3.14. The summed E-state index contributed by atoms with van der Waals surface area (Å²) in [4.78, 5) is 0. The molecule has 1 nitrogen and oxygen atoms in total. The van der Waals surface area contributed by atoms with Crippen LogP contribution in [0.3, 0.4) is 0 Å². The van der Waals surface area contributed by atoms with Gasteiger partial charge in [-0.15, -0.1) is 0 Å². The first-order valence-electron chi connectivity index (χ1n) is 2.33. The van der Waals surface area contributed by atoms with Crippen molar-refractivity contribution in [1.29, 1.82) is 0 Å². The predicted molar refractivity (Wildman–Crippen MR) is 22.9 cm³/mol. The van der Waals surface area contributed by atoms with Crippen molar-refractivity contribution in [1.82, 2.24) is 0 Å². The molecule has 0 heterocycles. The van der Waals surface area contributed by atoms with Crippen molar-refractivity contribution in [2.24, 2.45) is 0 Å². The topological polar surface area (TPSA) is 20.2 Å². The normalized spacial score (nSPS) is 15.9. The third kappa shape index (κ3) is 1.80. The second-order valence-electron chi connectivity index (χ2n) is 1.65. The lowest BCUT2D eigenvalue weighted by atomic mass is 10.2. The highest BCUT2D eigenvalue weighted by molar-refractivity contribution is 4.77. The highest BCUT2D eigenvalue weighted by atomic mass is 19.3. The molecule has 1 N–H and O–H groups in total.